The van der Waals surface area contributed by atoms with E-state index in [2.05, 4.69) is 0 Å². The van der Waals surface area contributed by atoms with Crippen LogP contribution in [0.4, 0.5) is 10.1 Å². The highest BCUT2D eigenvalue weighted by molar-refractivity contribution is 5.37. The minimum atomic E-state index is -0.927. The van der Waals surface area contributed by atoms with Crippen LogP contribution in [0.2, 0.25) is 0 Å². The highest BCUT2D eigenvalue weighted by Gasteiger charge is 2.10. The first-order valence-electron chi connectivity index (χ1n) is 6.48. The molecule has 116 valence electrons. The Bertz CT molecular complexity index is 632. The molecule has 1 N–H and O–H groups in total. The Morgan fingerprint density at radius 1 is 1.09 bits per heavy atom. The van der Waals surface area contributed by atoms with Crippen LogP contribution >= 0.6 is 0 Å². The van der Waals surface area contributed by atoms with Gasteiger partial charge in [0, 0.05) is 6.07 Å². The predicted molar refractivity (Wildman–Crippen MR) is 76.5 cm³/mol. The first-order valence-corrected chi connectivity index (χ1v) is 6.48. The molecule has 1 unspecified atom stereocenters. The van der Waals surface area contributed by atoms with Crippen LogP contribution in [0.15, 0.2) is 48.5 Å². The van der Waals surface area contributed by atoms with E-state index in [0.29, 0.717) is 5.75 Å². The van der Waals surface area contributed by atoms with Crippen molar-refractivity contribution in [3.8, 4) is 11.5 Å². The van der Waals surface area contributed by atoms with Crippen molar-refractivity contribution in [2.75, 3.05) is 13.2 Å². The fourth-order valence-electron chi connectivity index (χ4n) is 1.65. The Balaban J connectivity index is 1.80. The number of non-ortho nitro benzene ring substituents is 1. The number of aliphatic hydroxyl groups is 1. The van der Waals surface area contributed by atoms with Gasteiger partial charge in [-0.1, -0.05) is 6.07 Å². The van der Waals surface area contributed by atoms with Crippen LogP contribution < -0.4 is 9.47 Å². The number of hydrogen-bond acceptors (Lipinski definition) is 5. The number of nitrogens with zero attached hydrogens (tertiary/aromatic N) is 1. The van der Waals surface area contributed by atoms with Gasteiger partial charge < -0.3 is 14.6 Å². The summed E-state index contributed by atoms with van der Waals surface area (Å²) in [6.45, 7) is -0.122. The first kappa shape index (κ1) is 15.7. The van der Waals surface area contributed by atoms with Crippen LogP contribution in [0.3, 0.4) is 0 Å². The molecule has 6 nitrogen and oxygen atoms in total. The number of aliphatic hydroxyl groups excluding tert-OH is 1. The molecule has 0 saturated carbocycles. The summed E-state index contributed by atoms with van der Waals surface area (Å²) in [5.74, 6) is 0.340. The van der Waals surface area contributed by atoms with E-state index in [4.69, 9.17) is 9.47 Å². The van der Waals surface area contributed by atoms with Crippen LogP contribution in [-0.4, -0.2) is 29.3 Å². The first-order chi connectivity index (χ1) is 10.5. The van der Waals surface area contributed by atoms with Gasteiger partial charge in [-0.15, -0.1) is 0 Å². The lowest BCUT2D eigenvalue weighted by molar-refractivity contribution is -0.384. The van der Waals surface area contributed by atoms with Crippen LogP contribution in [0.25, 0.3) is 0 Å². The molecule has 0 bridgehead atoms. The van der Waals surface area contributed by atoms with Gasteiger partial charge in [0.2, 0.25) is 0 Å². The van der Waals surface area contributed by atoms with Crippen LogP contribution in [0.5, 0.6) is 11.5 Å². The second-order valence-electron chi connectivity index (χ2n) is 4.48. The lowest BCUT2D eigenvalue weighted by Gasteiger charge is -2.13. The van der Waals surface area contributed by atoms with Gasteiger partial charge in [0.05, 0.1) is 11.0 Å². The van der Waals surface area contributed by atoms with Gasteiger partial charge in [-0.2, -0.15) is 0 Å². The third-order valence-electron chi connectivity index (χ3n) is 2.73. The molecule has 0 heterocycles. The molecule has 0 fully saturated rings. The van der Waals surface area contributed by atoms with Crippen molar-refractivity contribution in [2.24, 2.45) is 0 Å². The zero-order valence-electron chi connectivity index (χ0n) is 11.5. The molecule has 0 aliphatic heterocycles. The Morgan fingerprint density at radius 3 is 2.36 bits per heavy atom. The van der Waals surface area contributed by atoms with Crippen molar-refractivity contribution in [2.45, 2.75) is 6.10 Å². The number of nitro benzene ring substituents is 1. The Hall–Kier alpha value is -2.67. The lowest BCUT2D eigenvalue weighted by atomic mass is 10.3. The summed E-state index contributed by atoms with van der Waals surface area (Å²) < 4.78 is 23.3. The second-order valence-corrected chi connectivity index (χ2v) is 4.48. The van der Waals surface area contributed by atoms with Crippen molar-refractivity contribution in [3.05, 3.63) is 64.5 Å². The minimum absolute atomic E-state index is 0.0411. The monoisotopic (exact) mass is 307 g/mol. The van der Waals surface area contributed by atoms with E-state index in [1.54, 1.807) is 6.07 Å². The van der Waals surface area contributed by atoms with Gasteiger partial charge in [-0.05, 0) is 30.3 Å². The molecule has 0 radical (unpaired) electrons. The van der Waals surface area contributed by atoms with Crippen LogP contribution in [0, 0.1) is 15.9 Å². The molecule has 0 aliphatic rings. The molecule has 0 saturated heterocycles. The topological polar surface area (TPSA) is 81.8 Å². The van der Waals surface area contributed by atoms with Gasteiger partial charge in [0.25, 0.3) is 5.69 Å². The maximum absolute atomic E-state index is 12.7. The van der Waals surface area contributed by atoms with Crippen molar-refractivity contribution in [3.63, 3.8) is 0 Å². The van der Waals surface area contributed by atoms with Crippen molar-refractivity contribution in [1.82, 2.24) is 0 Å². The molecule has 1 atom stereocenters. The molecule has 2 aromatic carbocycles. The van der Waals surface area contributed by atoms with Crippen molar-refractivity contribution < 1.29 is 23.9 Å². The Kier molecular flexibility index (Phi) is 5.26. The van der Waals surface area contributed by atoms with Gasteiger partial charge in [-0.3, -0.25) is 10.1 Å². The van der Waals surface area contributed by atoms with E-state index in [0.717, 1.165) is 0 Å². The molecule has 0 amide bonds. The number of halogens is 1. The van der Waals surface area contributed by atoms with Gasteiger partial charge >= 0.3 is 0 Å². The molecule has 0 aliphatic carbocycles. The summed E-state index contributed by atoms with van der Waals surface area (Å²) in [6, 6.07) is 11.1. The zero-order valence-corrected chi connectivity index (χ0v) is 11.5. The number of rotatable bonds is 7. The summed E-state index contributed by atoms with van der Waals surface area (Å²) in [7, 11) is 0. The Morgan fingerprint density at radius 2 is 1.73 bits per heavy atom. The molecule has 7 heteroatoms. The Labute approximate surface area is 125 Å². The second kappa shape index (κ2) is 7.37. The van der Waals surface area contributed by atoms with E-state index in [1.807, 2.05) is 0 Å². The largest absolute Gasteiger partial charge is 0.491 e. The van der Waals surface area contributed by atoms with Gasteiger partial charge in [-0.25, -0.2) is 4.39 Å². The third-order valence-corrected chi connectivity index (χ3v) is 2.73. The normalized spacial score (nSPS) is 11.7. The fraction of sp³-hybridized carbons (Fsp3) is 0.200. The molecule has 2 rings (SSSR count). The molecular weight excluding hydrogens is 293 g/mol. The molecular formula is C15H14FNO5. The number of nitro groups is 1. The van der Waals surface area contributed by atoms with Crippen LogP contribution in [-0.2, 0) is 0 Å². The average Bonchev–Trinajstić information content (AvgIpc) is 2.52. The summed E-state index contributed by atoms with van der Waals surface area (Å²) in [4.78, 5) is 10.1. The molecule has 2 aromatic rings. The summed E-state index contributed by atoms with van der Waals surface area (Å²) in [6.07, 6.45) is -0.927. The highest BCUT2D eigenvalue weighted by atomic mass is 19.1. The number of ether oxygens (including phenoxy) is 2. The standard InChI is InChI=1S/C15H14FNO5/c16-11-4-6-14(7-5-11)21-9-13(18)10-22-15-3-1-2-12(8-15)17(19)20/h1-8,13,18H,9-10H2. The average molecular weight is 307 g/mol. The smallest absolute Gasteiger partial charge is 0.273 e. The predicted octanol–water partition coefficient (Wildman–Crippen LogP) is 2.55. The van der Waals surface area contributed by atoms with Gasteiger partial charge in [0.15, 0.2) is 0 Å². The maximum atomic E-state index is 12.7. The summed E-state index contributed by atoms with van der Waals surface area (Å²) >= 11 is 0. The highest BCUT2D eigenvalue weighted by Crippen LogP contribution is 2.19. The zero-order chi connectivity index (χ0) is 15.9. The van der Waals surface area contributed by atoms with Crippen molar-refractivity contribution >= 4 is 5.69 Å². The number of hydrogen-bond donors (Lipinski definition) is 1. The number of benzene rings is 2. The maximum Gasteiger partial charge on any atom is 0.273 e. The van der Waals surface area contributed by atoms with Crippen LogP contribution in [0.1, 0.15) is 0 Å². The molecule has 22 heavy (non-hydrogen) atoms. The van der Waals surface area contributed by atoms with Crippen molar-refractivity contribution in [1.29, 1.82) is 0 Å². The quantitative estimate of drug-likeness (QED) is 0.628. The third kappa shape index (κ3) is 4.71. The molecule has 0 aromatic heterocycles. The van der Waals surface area contributed by atoms with E-state index in [-0.39, 0.29) is 30.5 Å². The van der Waals surface area contributed by atoms with Gasteiger partial charge in [0.1, 0.15) is 36.6 Å². The fourth-order valence-corrected chi connectivity index (χ4v) is 1.65. The minimum Gasteiger partial charge on any atom is -0.491 e. The van der Waals surface area contributed by atoms with E-state index in [9.17, 15) is 19.6 Å². The van der Waals surface area contributed by atoms with E-state index in [1.165, 1.54) is 42.5 Å². The van der Waals surface area contributed by atoms with E-state index < -0.39 is 11.0 Å². The summed E-state index contributed by atoms with van der Waals surface area (Å²) in [5.41, 5.74) is -0.0884. The summed E-state index contributed by atoms with van der Waals surface area (Å²) in [5, 5.41) is 20.4. The molecule has 0 spiro atoms. The lowest BCUT2D eigenvalue weighted by Crippen LogP contribution is -2.25. The van der Waals surface area contributed by atoms with E-state index >= 15 is 0 Å². The SMILES string of the molecule is O=[N+]([O-])c1cccc(OCC(O)COc2ccc(F)cc2)c1.